The molecule has 78 valence electrons. The monoisotopic (exact) mass is 195 g/mol. The van der Waals surface area contributed by atoms with Crippen molar-refractivity contribution >= 4 is 0 Å². The molecule has 1 aliphatic rings. The largest absolute Gasteiger partial charge is 0.469 e. The number of hydrogen-bond acceptors (Lipinski definition) is 3. The standard InChI is InChI=1S/C11H17NO2/c1-8-10(4-6-13-8)11(12)7-9-3-2-5-14-9/h2-3,5,8,10-11H,4,6-7,12H2,1H3. The van der Waals surface area contributed by atoms with Crippen molar-refractivity contribution in [2.45, 2.75) is 31.9 Å². The van der Waals surface area contributed by atoms with Crippen LogP contribution in [0.15, 0.2) is 22.8 Å². The van der Waals surface area contributed by atoms with Gasteiger partial charge < -0.3 is 14.9 Å². The molecular weight excluding hydrogens is 178 g/mol. The summed E-state index contributed by atoms with van der Waals surface area (Å²) in [5, 5.41) is 0. The highest BCUT2D eigenvalue weighted by Gasteiger charge is 2.29. The molecule has 1 saturated heterocycles. The van der Waals surface area contributed by atoms with E-state index < -0.39 is 0 Å². The van der Waals surface area contributed by atoms with Crippen molar-refractivity contribution in [3.05, 3.63) is 24.2 Å². The van der Waals surface area contributed by atoms with Gasteiger partial charge in [0, 0.05) is 25.0 Å². The van der Waals surface area contributed by atoms with E-state index in [1.807, 2.05) is 12.1 Å². The van der Waals surface area contributed by atoms with Crippen LogP contribution >= 0.6 is 0 Å². The van der Waals surface area contributed by atoms with Gasteiger partial charge in [-0.15, -0.1) is 0 Å². The topological polar surface area (TPSA) is 48.4 Å². The van der Waals surface area contributed by atoms with Gasteiger partial charge in [-0.3, -0.25) is 0 Å². The molecule has 2 N–H and O–H groups in total. The van der Waals surface area contributed by atoms with Crippen molar-refractivity contribution in [3.63, 3.8) is 0 Å². The molecule has 3 heteroatoms. The Bertz CT molecular complexity index is 271. The molecule has 0 spiro atoms. The number of rotatable bonds is 3. The first-order chi connectivity index (χ1) is 6.77. The van der Waals surface area contributed by atoms with Crippen molar-refractivity contribution in [2.24, 2.45) is 11.7 Å². The Morgan fingerprint density at radius 3 is 3.07 bits per heavy atom. The maximum Gasteiger partial charge on any atom is 0.105 e. The molecule has 2 heterocycles. The van der Waals surface area contributed by atoms with Gasteiger partial charge in [-0.2, -0.15) is 0 Å². The highest BCUT2D eigenvalue weighted by atomic mass is 16.5. The van der Waals surface area contributed by atoms with Gasteiger partial charge in [-0.25, -0.2) is 0 Å². The highest BCUT2D eigenvalue weighted by molar-refractivity contribution is 5.01. The van der Waals surface area contributed by atoms with Gasteiger partial charge in [0.2, 0.25) is 0 Å². The summed E-state index contributed by atoms with van der Waals surface area (Å²) in [5.41, 5.74) is 6.12. The summed E-state index contributed by atoms with van der Waals surface area (Å²) in [6.45, 7) is 2.94. The molecule has 3 unspecified atom stereocenters. The van der Waals surface area contributed by atoms with Crippen LogP contribution in [0, 0.1) is 5.92 Å². The fourth-order valence-electron chi connectivity index (χ4n) is 2.12. The molecule has 14 heavy (non-hydrogen) atoms. The van der Waals surface area contributed by atoms with Crippen molar-refractivity contribution in [1.82, 2.24) is 0 Å². The van der Waals surface area contributed by atoms with Crippen LogP contribution in [0.25, 0.3) is 0 Å². The van der Waals surface area contributed by atoms with E-state index in [0.717, 1.165) is 25.2 Å². The van der Waals surface area contributed by atoms with Crippen LogP contribution in [0.3, 0.4) is 0 Å². The van der Waals surface area contributed by atoms with E-state index in [9.17, 15) is 0 Å². The Hall–Kier alpha value is -0.800. The zero-order chi connectivity index (χ0) is 9.97. The van der Waals surface area contributed by atoms with Crippen LogP contribution < -0.4 is 5.73 Å². The quantitative estimate of drug-likeness (QED) is 0.796. The van der Waals surface area contributed by atoms with Gasteiger partial charge in [0.25, 0.3) is 0 Å². The fraction of sp³-hybridized carbons (Fsp3) is 0.636. The highest BCUT2D eigenvalue weighted by Crippen LogP contribution is 2.24. The summed E-state index contributed by atoms with van der Waals surface area (Å²) in [4.78, 5) is 0. The second-order valence-electron chi connectivity index (χ2n) is 3.98. The third kappa shape index (κ3) is 1.99. The van der Waals surface area contributed by atoms with Gasteiger partial charge in [0.1, 0.15) is 5.76 Å². The SMILES string of the molecule is CC1OCCC1C(N)Cc1ccco1. The maximum atomic E-state index is 6.12. The number of nitrogens with two attached hydrogens (primary N) is 1. The second-order valence-corrected chi connectivity index (χ2v) is 3.98. The van der Waals surface area contributed by atoms with E-state index in [0.29, 0.717) is 12.0 Å². The van der Waals surface area contributed by atoms with Crippen molar-refractivity contribution in [1.29, 1.82) is 0 Å². The van der Waals surface area contributed by atoms with E-state index in [2.05, 4.69) is 6.92 Å². The number of furan rings is 1. The lowest BCUT2D eigenvalue weighted by atomic mass is 9.91. The summed E-state index contributed by atoms with van der Waals surface area (Å²) in [5.74, 6) is 1.44. The predicted molar refractivity (Wildman–Crippen MR) is 53.9 cm³/mol. The molecule has 0 saturated carbocycles. The lowest BCUT2D eigenvalue weighted by molar-refractivity contribution is 0.0990. The third-order valence-corrected chi connectivity index (χ3v) is 3.00. The predicted octanol–water partition coefficient (Wildman–Crippen LogP) is 1.57. The summed E-state index contributed by atoms with van der Waals surface area (Å²) >= 11 is 0. The van der Waals surface area contributed by atoms with Crippen molar-refractivity contribution < 1.29 is 9.15 Å². The molecule has 1 fully saturated rings. The van der Waals surface area contributed by atoms with Gasteiger partial charge in [0.05, 0.1) is 12.4 Å². The Morgan fingerprint density at radius 2 is 2.50 bits per heavy atom. The first-order valence-electron chi connectivity index (χ1n) is 5.17. The van der Waals surface area contributed by atoms with Gasteiger partial charge in [-0.05, 0) is 25.5 Å². The molecule has 3 atom stereocenters. The molecule has 1 aliphatic heterocycles. The normalized spacial score (nSPS) is 29.3. The van der Waals surface area contributed by atoms with Gasteiger partial charge >= 0.3 is 0 Å². The first-order valence-corrected chi connectivity index (χ1v) is 5.17. The van der Waals surface area contributed by atoms with Gasteiger partial charge in [0.15, 0.2) is 0 Å². The average Bonchev–Trinajstić information content (AvgIpc) is 2.75. The van der Waals surface area contributed by atoms with Crippen molar-refractivity contribution in [2.75, 3.05) is 6.61 Å². The Labute approximate surface area is 84.2 Å². The van der Waals surface area contributed by atoms with E-state index in [-0.39, 0.29) is 6.04 Å². The smallest absolute Gasteiger partial charge is 0.105 e. The molecule has 1 aromatic rings. The molecule has 1 aromatic heterocycles. The van der Waals surface area contributed by atoms with E-state index >= 15 is 0 Å². The molecule has 0 bridgehead atoms. The lowest BCUT2D eigenvalue weighted by Crippen LogP contribution is -2.35. The van der Waals surface area contributed by atoms with Crippen LogP contribution in [0.5, 0.6) is 0 Å². The maximum absolute atomic E-state index is 6.12. The third-order valence-electron chi connectivity index (χ3n) is 3.00. The zero-order valence-corrected chi connectivity index (χ0v) is 8.48. The minimum atomic E-state index is 0.152. The summed E-state index contributed by atoms with van der Waals surface area (Å²) in [7, 11) is 0. The molecule has 0 aliphatic carbocycles. The Morgan fingerprint density at radius 1 is 1.64 bits per heavy atom. The fourth-order valence-corrected chi connectivity index (χ4v) is 2.12. The molecule has 3 nitrogen and oxygen atoms in total. The summed E-state index contributed by atoms with van der Waals surface area (Å²) in [6, 6.07) is 4.02. The first kappa shape index (κ1) is 9.74. The summed E-state index contributed by atoms with van der Waals surface area (Å²) in [6.07, 6.45) is 3.87. The van der Waals surface area contributed by atoms with E-state index in [1.54, 1.807) is 6.26 Å². The zero-order valence-electron chi connectivity index (χ0n) is 8.48. The van der Waals surface area contributed by atoms with Crippen LogP contribution in [0.2, 0.25) is 0 Å². The Balaban J connectivity index is 1.92. The number of ether oxygens (including phenoxy) is 1. The van der Waals surface area contributed by atoms with Crippen LogP contribution in [0.1, 0.15) is 19.1 Å². The number of hydrogen-bond donors (Lipinski definition) is 1. The van der Waals surface area contributed by atoms with Crippen LogP contribution in [-0.4, -0.2) is 18.8 Å². The van der Waals surface area contributed by atoms with Crippen molar-refractivity contribution in [3.8, 4) is 0 Å². The van der Waals surface area contributed by atoms with Crippen LogP contribution in [0.4, 0.5) is 0 Å². The second kappa shape index (κ2) is 4.15. The molecule has 2 rings (SSSR count). The molecule has 0 aromatic carbocycles. The Kier molecular flexibility index (Phi) is 2.89. The van der Waals surface area contributed by atoms with Crippen LogP contribution in [-0.2, 0) is 11.2 Å². The van der Waals surface area contributed by atoms with E-state index in [1.165, 1.54) is 0 Å². The molecule has 0 amide bonds. The van der Waals surface area contributed by atoms with Gasteiger partial charge in [-0.1, -0.05) is 0 Å². The minimum Gasteiger partial charge on any atom is -0.469 e. The lowest BCUT2D eigenvalue weighted by Gasteiger charge is -2.20. The molecular formula is C11H17NO2. The molecule has 0 radical (unpaired) electrons. The minimum absolute atomic E-state index is 0.152. The van der Waals surface area contributed by atoms with E-state index in [4.69, 9.17) is 14.9 Å². The summed E-state index contributed by atoms with van der Waals surface area (Å²) < 4.78 is 10.8. The average molecular weight is 195 g/mol.